The van der Waals surface area contributed by atoms with Gasteiger partial charge in [-0.3, -0.25) is 9.78 Å². The quantitative estimate of drug-likeness (QED) is 0.511. The number of aromatic amines is 1. The van der Waals surface area contributed by atoms with Crippen LogP contribution in [-0.4, -0.2) is 9.97 Å². The Morgan fingerprint density at radius 3 is 2.73 bits per heavy atom. The van der Waals surface area contributed by atoms with E-state index in [0.717, 1.165) is 0 Å². The van der Waals surface area contributed by atoms with E-state index in [4.69, 9.17) is 11.6 Å². The molecule has 0 saturated carbocycles. The van der Waals surface area contributed by atoms with Crippen molar-refractivity contribution in [2.24, 2.45) is 5.18 Å². The summed E-state index contributed by atoms with van der Waals surface area (Å²) in [7, 11) is 0. The first-order valence-electron chi connectivity index (χ1n) is 2.75. The minimum atomic E-state index is -0.613. The Bertz CT molecular complexity index is 346. The van der Waals surface area contributed by atoms with Gasteiger partial charge in [0.2, 0.25) is 5.28 Å². The second kappa shape index (κ2) is 2.79. The van der Waals surface area contributed by atoms with Crippen LogP contribution in [0.5, 0.6) is 0 Å². The number of aromatic nitrogens is 2. The topological polar surface area (TPSA) is 75.2 Å². The molecule has 1 heterocycles. The minimum Gasteiger partial charge on any atom is -0.295 e. The molecule has 0 radical (unpaired) electrons. The van der Waals surface area contributed by atoms with Crippen molar-refractivity contribution in [2.45, 2.75) is 6.92 Å². The number of nitrogens with zero attached hydrogens (tertiary/aromatic N) is 2. The first kappa shape index (κ1) is 7.87. The van der Waals surface area contributed by atoms with E-state index in [9.17, 15) is 9.70 Å². The highest BCUT2D eigenvalue weighted by Crippen LogP contribution is 2.09. The molecule has 6 heteroatoms. The van der Waals surface area contributed by atoms with Gasteiger partial charge >= 0.3 is 0 Å². The lowest BCUT2D eigenvalue weighted by atomic mass is 10.4. The molecule has 5 nitrogen and oxygen atoms in total. The second-order valence-corrected chi connectivity index (χ2v) is 2.24. The summed E-state index contributed by atoms with van der Waals surface area (Å²) in [5.74, 6) is 0. The number of nitrogens with one attached hydrogen (secondary N) is 1. The van der Waals surface area contributed by atoms with Gasteiger partial charge in [-0.15, -0.1) is 4.91 Å². The third kappa shape index (κ3) is 1.43. The van der Waals surface area contributed by atoms with E-state index in [0.29, 0.717) is 0 Å². The maximum atomic E-state index is 10.8. The van der Waals surface area contributed by atoms with Crippen molar-refractivity contribution in [3.63, 3.8) is 0 Å². The molecular formula is C5H4ClN3O2. The number of aryl methyl sites for hydroxylation is 1. The van der Waals surface area contributed by atoms with E-state index >= 15 is 0 Å². The van der Waals surface area contributed by atoms with Gasteiger partial charge in [-0.05, 0) is 23.7 Å². The molecule has 58 valence electrons. The maximum Gasteiger partial charge on any atom is 0.281 e. The van der Waals surface area contributed by atoms with E-state index in [1.165, 1.54) is 6.92 Å². The van der Waals surface area contributed by atoms with Gasteiger partial charge in [0.05, 0.1) is 5.69 Å². The zero-order valence-electron chi connectivity index (χ0n) is 5.59. The molecule has 11 heavy (non-hydrogen) atoms. The molecule has 0 aliphatic rings. The van der Waals surface area contributed by atoms with E-state index in [2.05, 4.69) is 15.1 Å². The molecule has 0 aromatic carbocycles. The number of hydrogen-bond donors (Lipinski definition) is 1. The first-order chi connectivity index (χ1) is 5.15. The summed E-state index contributed by atoms with van der Waals surface area (Å²) < 4.78 is 0. The highest BCUT2D eigenvalue weighted by atomic mass is 35.5. The Hall–Kier alpha value is -1.23. The van der Waals surface area contributed by atoms with Crippen molar-refractivity contribution in [2.75, 3.05) is 0 Å². The molecule has 1 rings (SSSR count). The van der Waals surface area contributed by atoms with Gasteiger partial charge in [0, 0.05) is 0 Å². The Balaban J connectivity index is 3.49. The summed E-state index contributed by atoms with van der Waals surface area (Å²) in [6, 6.07) is 0. The fraction of sp³-hybridized carbons (Fsp3) is 0.200. The van der Waals surface area contributed by atoms with Crippen molar-refractivity contribution in [3.8, 4) is 0 Å². The van der Waals surface area contributed by atoms with Crippen LogP contribution in [0.1, 0.15) is 5.69 Å². The van der Waals surface area contributed by atoms with Gasteiger partial charge in [0.15, 0.2) is 5.69 Å². The summed E-state index contributed by atoms with van der Waals surface area (Å²) in [5.41, 5.74) is -0.611. The highest BCUT2D eigenvalue weighted by Gasteiger charge is 2.05. The summed E-state index contributed by atoms with van der Waals surface area (Å²) in [6.07, 6.45) is 0. The summed E-state index contributed by atoms with van der Waals surface area (Å²) in [5, 5.41) is 2.45. The van der Waals surface area contributed by atoms with Crippen molar-refractivity contribution in [1.82, 2.24) is 9.97 Å². The lowest BCUT2D eigenvalue weighted by Crippen LogP contribution is -2.08. The van der Waals surface area contributed by atoms with Crippen LogP contribution in [0.25, 0.3) is 0 Å². The average molecular weight is 174 g/mol. The van der Waals surface area contributed by atoms with Crippen LogP contribution < -0.4 is 5.56 Å². The van der Waals surface area contributed by atoms with Gasteiger partial charge in [-0.25, -0.2) is 4.98 Å². The molecule has 0 saturated heterocycles. The fourth-order valence-corrected chi connectivity index (χ4v) is 0.865. The Labute approximate surface area is 66.4 Å². The third-order valence-corrected chi connectivity index (χ3v) is 1.31. The van der Waals surface area contributed by atoms with Crippen LogP contribution in [-0.2, 0) is 0 Å². The van der Waals surface area contributed by atoms with E-state index in [1.807, 2.05) is 0 Å². The fourth-order valence-electron chi connectivity index (χ4n) is 0.653. The predicted octanol–water partition coefficient (Wildman–Crippen LogP) is 1.13. The van der Waals surface area contributed by atoms with Gasteiger partial charge in [0.25, 0.3) is 5.56 Å². The van der Waals surface area contributed by atoms with Crippen molar-refractivity contribution < 1.29 is 0 Å². The van der Waals surface area contributed by atoms with Crippen molar-refractivity contribution in [3.05, 3.63) is 26.2 Å². The molecule has 0 aliphatic heterocycles. The molecule has 0 amide bonds. The lowest BCUT2D eigenvalue weighted by molar-refractivity contribution is 1.06. The van der Waals surface area contributed by atoms with Crippen LogP contribution in [0.2, 0.25) is 5.28 Å². The predicted molar refractivity (Wildman–Crippen MR) is 40.1 cm³/mol. The first-order valence-corrected chi connectivity index (χ1v) is 3.12. The van der Waals surface area contributed by atoms with Gasteiger partial charge in [0.1, 0.15) is 0 Å². The number of nitroso groups, excluding NO2 is 1. The van der Waals surface area contributed by atoms with Gasteiger partial charge < -0.3 is 0 Å². The zero-order chi connectivity index (χ0) is 8.43. The third-order valence-electron chi connectivity index (χ3n) is 1.13. The smallest absolute Gasteiger partial charge is 0.281 e. The van der Waals surface area contributed by atoms with Gasteiger partial charge in [-0.1, -0.05) is 0 Å². The number of rotatable bonds is 1. The van der Waals surface area contributed by atoms with Crippen LogP contribution in [0.3, 0.4) is 0 Å². The molecule has 0 aliphatic carbocycles. The monoisotopic (exact) mass is 173 g/mol. The normalized spacial score (nSPS) is 9.64. The Kier molecular flexibility index (Phi) is 2.00. The molecule has 0 spiro atoms. The second-order valence-electron chi connectivity index (χ2n) is 1.88. The lowest BCUT2D eigenvalue weighted by Gasteiger charge is -1.93. The van der Waals surface area contributed by atoms with Gasteiger partial charge in [-0.2, -0.15) is 0 Å². The molecule has 0 unspecified atom stereocenters. The van der Waals surface area contributed by atoms with E-state index in [1.54, 1.807) is 0 Å². The largest absolute Gasteiger partial charge is 0.295 e. The van der Waals surface area contributed by atoms with Crippen LogP contribution >= 0.6 is 11.6 Å². The minimum absolute atomic E-state index is 0.0418. The molecule has 0 atom stereocenters. The maximum absolute atomic E-state index is 10.8. The molecule has 1 aromatic rings. The molecule has 1 N–H and O–H groups in total. The summed E-state index contributed by atoms with van der Waals surface area (Å²) >= 11 is 5.37. The number of halogens is 1. The molecule has 0 bridgehead atoms. The van der Waals surface area contributed by atoms with Crippen LogP contribution in [0.4, 0.5) is 5.69 Å². The molecule has 1 aromatic heterocycles. The SMILES string of the molecule is Cc1nc(Cl)[nH]c(=O)c1N=O. The highest BCUT2D eigenvalue weighted by molar-refractivity contribution is 6.28. The van der Waals surface area contributed by atoms with E-state index in [-0.39, 0.29) is 16.7 Å². The van der Waals surface area contributed by atoms with Crippen LogP contribution in [0, 0.1) is 11.8 Å². The van der Waals surface area contributed by atoms with Crippen molar-refractivity contribution in [1.29, 1.82) is 0 Å². The zero-order valence-corrected chi connectivity index (χ0v) is 6.34. The van der Waals surface area contributed by atoms with Crippen LogP contribution in [0.15, 0.2) is 9.97 Å². The number of H-pyrrole nitrogens is 1. The summed E-state index contributed by atoms with van der Waals surface area (Å²) in [4.78, 5) is 26.6. The van der Waals surface area contributed by atoms with Crippen molar-refractivity contribution >= 4 is 17.3 Å². The Morgan fingerprint density at radius 1 is 1.64 bits per heavy atom. The molecule has 0 fully saturated rings. The Morgan fingerprint density at radius 2 is 2.27 bits per heavy atom. The summed E-state index contributed by atoms with van der Waals surface area (Å²) in [6.45, 7) is 1.48. The number of hydrogen-bond acceptors (Lipinski definition) is 4. The van der Waals surface area contributed by atoms with E-state index < -0.39 is 5.56 Å². The molecular weight excluding hydrogens is 170 g/mol. The standard InChI is InChI=1S/C5H4ClN3O2/c1-2-3(9-11)4(10)8-5(6)7-2/h1H3,(H,7,8,10). The average Bonchev–Trinajstić information content (AvgIpc) is 1.85.